The first-order valence-electron chi connectivity index (χ1n) is 8.46. The summed E-state index contributed by atoms with van der Waals surface area (Å²) in [5, 5.41) is 0. The lowest BCUT2D eigenvalue weighted by Gasteiger charge is -2.33. The molecule has 1 fully saturated rings. The molecule has 2 N–H and O–H groups in total. The third-order valence-corrected chi connectivity index (χ3v) is 4.94. The van der Waals surface area contributed by atoms with E-state index in [1.54, 1.807) is 0 Å². The largest absolute Gasteiger partial charge is 0.466 e. The Morgan fingerprint density at radius 3 is 2.77 bits per heavy atom. The Morgan fingerprint density at radius 2 is 2.05 bits per heavy atom. The van der Waals surface area contributed by atoms with Crippen LogP contribution in [0.2, 0.25) is 0 Å². The van der Waals surface area contributed by atoms with Crippen molar-refractivity contribution in [2.24, 2.45) is 11.7 Å². The third-order valence-electron chi connectivity index (χ3n) is 4.94. The van der Waals surface area contributed by atoms with E-state index >= 15 is 0 Å². The van der Waals surface area contributed by atoms with Gasteiger partial charge in [0.25, 0.3) is 0 Å². The summed E-state index contributed by atoms with van der Waals surface area (Å²) in [6.07, 6.45) is 4.95. The van der Waals surface area contributed by atoms with Crippen molar-refractivity contribution in [2.75, 3.05) is 24.6 Å². The summed E-state index contributed by atoms with van der Waals surface area (Å²) in [5.41, 5.74) is 10.2. The number of hydrogen-bond donors (Lipinski definition) is 1. The Bertz CT molecular complexity index is 536. The van der Waals surface area contributed by atoms with Gasteiger partial charge >= 0.3 is 5.97 Å². The first-order valence-corrected chi connectivity index (χ1v) is 8.46. The predicted octanol–water partition coefficient (Wildman–Crippen LogP) is 2.28. The van der Waals surface area contributed by atoms with Crippen LogP contribution in [0, 0.1) is 5.92 Å². The van der Waals surface area contributed by atoms with Gasteiger partial charge in [-0.3, -0.25) is 4.79 Å². The van der Waals surface area contributed by atoms with Gasteiger partial charge in [0.05, 0.1) is 12.5 Å². The highest BCUT2D eigenvalue weighted by Gasteiger charge is 2.26. The minimum Gasteiger partial charge on any atom is -0.466 e. The van der Waals surface area contributed by atoms with Crippen molar-refractivity contribution in [3.05, 3.63) is 29.3 Å². The van der Waals surface area contributed by atoms with Crippen LogP contribution >= 0.6 is 0 Å². The van der Waals surface area contributed by atoms with Gasteiger partial charge in [-0.05, 0) is 62.3 Å². The molecule has 0 spiro atoms. The molecule has 3 rings (SSSR count). The molecule has 1 aliphatic heterocycles. The number of esters is 1. The summed E-state index contributed by atoms with van der Waals surface area (Å²) < 4.78 is 5.14. The average Bonchev–Trinajstić information content (AvgIpc) is 2.54. The van der Waals surface area contributed by atoms with Gasteiger partial charge in [-0.15, -0.1) is 0 Å². The second kappa shape index (κ2) is 6.69. The van der Waals surface area contributed by atoms with Gasteiger partial charge in [0.2, 0.25) is 0 Å². The van der Waals surface area contributed by atoms with E-state index in [1.807, 2.05) is 6.92 Å². The molecule has 4 heteroatoms. The average molecular weight is 302 g/mol. The standard InChI is InChI=1S/C18H26N2O2/c1-2-22-18(21)14-7-9-20(10-8-14)17-6-4-13-3-5-16(19)11-15(13)12-17/h4,6,12,14,16H,2-3,5,7-11,19H2,1H3/t16-/m0/s1. The molecule has 4 nitrogen and oxygen atoms in total. The van der Waals surface area contributed by atoms with Crippen LogP contribution in [0.15, 0.2) is 18.2 Å². The quantitative estimate of drug-likeness (QED) is 0.870. The number of carbonyl (C=O) groups is 1. The molecule has 0 amide bonds. The fourth-order valence-electron chi connectivity index (χ4n) is 3.60. The molecule has 22 heavy (non-hydrogen) atoms. The molecule has 1 atom stereocenters. The Morgan fingerprint density at radius 1 is 1.27 bits per heavy atom. The first kappa shape index (κ1) is 15.3. The number of carbonyl (C=O) groups excluding carboxylic acids is 1. The van der Waals surface area contributed by atoms with Crippen LogP contribution in [-0.4, -0.2) is 31.7 Å². The lowest BCUT2D eigenvalue weighted by atomic mass is 9.88. The molecular weight excluding hydrogens is 276 g/mol. The molecular formula is C18H26N2O2. The zero-order valence-electron chi connectivity index (χ0n) is 13.4. The predicted molar refractivity (Wildman–Crippen MR) is 88.0 cm³/mol. The number of fused-ring (bicyclic) bond motifs is 1. The summed E-state index contributed by atoms with van der Waals surface area (Å²) >= 11 is 0. The molecule has 0 saturated carbocycles. The van der Waals surface area contributed by atoms with Crippen LogP contribution in [-0.2, 0) is 22.4 Å². The van der Waals surface area contributed by atoms with E-state index in [4.69, 9.17) is 10.5 Å². The number of nitrogens with zero attached hydrogens (tertiary/aromatic N) is 1. The number of rotatable bonds is 3. The molecule has 0 radical (unpaired) electrons. The highest BCUT2D eigenvalue weighted by atomic mass is 16.5. The van der Waals surface area contributed by atoms with E-state index in [-0.39, 0.29) is 11.9 Å². The lowest BCUT2D eigenvalue weighted by Crippen LogP contribution is -2.37. The van der Waals surface area contributed by atoms with Crippen LogP contribution in [0.25, 0.3) is 0 Å². The molecule has 1 aromatic rings. The number of nitrogens with two attached hydrogens (primary N) is 1. The second-order valence-corrected chi connectivity index (χ2v) is 6.47. The SMILES string of the molecule is CCOC(=O)C1CCN(c2ccc3c(c2)C[C@@H](N)CC3)CC1. The molecule has 1 heterocycles. The van der Waals surface area contributed by atoms with Crippen molar-refractivity contribution < 1.29 is 9.53 Å². The molecule has 1 aromatic carbocycles. The van der Waals surface area contributed by atoms with Gasteiger partial charge < -0.3 is 15.4 Å². The number of hydrogen-bond acceptors (Lipinski definition) is 4. The van der Waals surface area contributed by atoms with E-state index < -0.39 is 0 Å². The van der Waals surface area contributed by atoms with Crippen molar-refractivity contribution in [1.29, 1.82) is 0 Å². The molecule has 0 unspecified atom stereocenters. The summed E-state index contributed by atoms with van der Waals surface area (Å²) in [4.78, 5) is 14.2. The van der Waals surface area contributed by atoms with Crippen LogP contribution in [0.1, 0.15) is 37.3 Å². The van der Waals surface area contributed by atoms with Gasteiger partial charge in [0.1, 0.15) is 0 Å². The van der Waals surface area contributed by atoms with Crippen molar-refractivity contribution in [2.45, 2.75) is 45.1 Å². The first-order chi connectivity index (χ1) is 10.7. The van der Waals surface area contributed by atoms with Crippen LogP contribution in [0.3, 0.4) is 0 Å². The third kappa shape index (κ3) is 3.27. The summed E-state index contributed by atoms with van der Waals surface area (Å²) in [6, 6.07) is 7.09. The fraction of sp³-hybridized carbons (Fsp3) is 0.611. The topological polar surface area (TPSA) is 55.6 Å². The lowest BCUT2D eigenvalue weighted by molar-refractivity contribution is -0.148. The van der Waals surface area contributed by atoms with E-state index in [0.29, 0.717) is 12.6 Å². The molecule has 0 bridgehead atoms. The smallest absolute Gasteiger partial charge is 0.309 e. The zero-order chi connectivity index (χ0) is 15.5. The van der Waals surface area contributed by atoms with Crippen molar-refractivity contribution in [3.8, 4) is 0 Å². The van der Waals surface area contributed by atoms with Crippen LogP contribution in [0.5, 0.6) is 0 Å². The molecule has 1 saturated heterocycles. The van der Waals surface area contributed by atoms with Crippen molar-refractivity contribution in [3.63, 3.8) is 0 Å². The summed E-state index contributed by atoms with van der Waals surface area (Å²) in [5.74, 6) is 0.0424. The number of anilines is 1. The van der Waals surface area contributed by atoms with Crippen molar-refractivity contribution >= 4 is 11.7 Å². The fourth-order valence-corrected chi connectivity index (χ4v) is 3.60. The van der Waals surface area contributed by atoms with E-state index in [0.717, 1.165) is 45.2 Å². The van der Waals surface area contributed by atoms with Gasteiger partial charge in [-0.25, -0.2) is 0 Å². The van der Waals surface area contributed by atoms with E-state index in [2.05, 4.69) is 23.1 Å². The van der Waals surface area contributed by atoms with Gasteiger partial charge in [0, 0.05) is 24.8 Å². The molecule has 1 aliphatic carbocycles. The van der Waals surface area contributed by atoms with Gasteiger partial charge in [0.15, 0.2) is 0 Å². The Kier molecular flexibility index (Phi) is 4.67. The monoisotopic (exact) mass is 302 g/mol. The van der Waals surface area contributed by atoms with Crippen molar-refractivity contribution in [1.82, 2.24) is 0 Å². The molecule has 2 aliphatic rings. The highest BCUT2D eigenvalue weighted by Crippen LogP contribution is 2.29. The minimum absolute atomic E-state index is 0.0291. The minimum atomic E-state index is -0.0291. The van der Waals surface area contributed by atoms with Gasteiger partial charge in [-0.1, -0.05) is 6.07 Å². The van der Waals surface area contributed by atoms with Gasteiger partial charge in [-0.2, -0.15) is 0 Å². The van der Waals surface area contributed by atoms with E-state index in [9.17, 15) is 4.79 Å². The number of ether oxygens (including phenoxy) is 1. The van der Waals surface area contributed by atoms with Crippen LogP contribution < -0.4 is 10.6 Å². The number of aryl methyl sites for hydroxylation is 1. The second-order valence-electron chi connectivity index (χ2n) is 6.47. The van der Waals surface area contributed by atoms with E-state index in [1.165, 1.54) is 16.8 Å². The maximum Gasteiger partial charge on any atom is 0.309 e. The van der Waals surface area contributed by atoms with Crippen LogP contribution in [0.4, 0.5) is 5.69 Å². The Balaban J connectivity index is 1.64. The summed E-state index contributed by atoms with van der Waals surface area (Å²) in [6.45, 7) is 4.19. The molecule has 120 valence electrons. The zero-order valence-corrected chi connectivity index (χ0v) is 13.4. The number of benzene rings is 1. The Labute approximate surface area is 132 Å². The maximum absolute atomic E-state index is 11.8. The number of piperidine rings is 1. The Hall–Kier alpha value is -1.55. The maximum atomic E-state index is 11.8. The highest BCUT2D eigenvalue weighted by molar-refractivity contribution is 5.73. The molecule has 0 aromatic heterocycles. The summed E-state index contributed by atoms with van der Waals surface area (Å²) in [7, 11) is 0. The normalized spacial score (nSPS) is 22.3.